The molecule has 1 saturated carbocycles. The molecule has 0 saturated heterocycles. The van der Waals surface area contributed by atoms with Crippen LogP contribution in [0, 0.1) is 11.8 Å². The molecule has 0 aromatic rings. The van der Waals surface area contributed by atoms with Crippen molar-refractivity contribution in [3.05, 3.63) is 11.6 Å². The van der Waals surface area contributed by atoms with Crippen molar-refractivity contribution < 1.29 is 0 Å². The van der Waals surface area contributed by atoms with Crippen LogP contribution in [0.3, 0.4) is 0 Å². The minimum atomic E-state index is 0.865. The van der Waals surface area contributed by atoms with Crippen molar-refractivity contribution in [3.8, 4) is 0 Å². The summed E-state index contributed by atoms with van der Waals surface area (Å²) in [4.78, 5) is 0. The number of nitrogens with one attached hydrogen (secondary N) is 1. The zero-order chi connectivity index (χ0) is 11.1. The molecule has 1 heteroatoms. The quantitative estimate of drug-likeness (QED) is 0.537. The molecule has 1 N–H and O–H groups in total. The maximum atomic E-state index is 3.46. The Bertz CT molecular complexity index is 188. The van der Waals surface area contributed by atoms with Crippen molar-refractivity contribution in [2.24, 2.45) is 11.8 Å². The van der Waals surface area contributed by atoms with E-state index >= 15 is 0 Å². The molecular weight excluding hydrogens is 182 g/mol. The lowest BCUT2D eigenvalue weighted by molar-refractivity contribution is 0.329. The van der Waals surface area contributed by atoms with Crippen LogP contribution in [-0.4, -0.2) is 13.1 Å². The highest BCUT2D eigenvalue weighted by molar-refractivity contribution is 5.03. The predicted octanol–water partition coefficient (Wildman–Crippen LogP) is 3.76. The number of hydrogen-bond donors (Lipinski definition) is 1. The predicted molar refractivity (Wildman–Crippen MR) is 68.0 cm³/mol. The molecule has 0 heterocycles. The van der Waals surface area contributed by atoms with Gasteiger partial charge in [0.05, 0.1) is 0 Å². The molecule has 1 aliphatic rings. The molecule has 0 radical (unpaired) electrons. The Labute approximate surface area is 95.3 Å². The number of rotatable bonds is 5. The number of allylic oxidation sites excluding steroid dienone is 1. The largest absolute Gasteiger partial charge is 0.313 e. The van der Waals surface area contributed by atoms with E-state index in [2.05, 4.69) is 32.2 Å². The van der Waals surface area contributed by atoms with Gasteiger partial charge in [0, 0.05) is 6.54 Å². The van der Waals surface area contributed by atoms with Crippen LogP contribution in [0.1, 0.15) is 52.9 Å². The summed E-state index contributed by atoms with van der Waals surface area (Å²) in [6, 6.07) is 0. The van der Waals surface area contributed by atoms with E-state index in [1.165, 1.54) is 37.7 Å². The first-order valence-corrected chi connectivity index (χ1v) is 6.60. The van der Waals surface area contributed by atoms with Crippen molar-refractivity contribution in [2.75, 3.05) is 13.1 Å². The van der Waals surface area contributed by atoms with Gasteiger partial charge in [0.1, 0.15) is 0 Å². The van der Waals surface area contributed by atoms with Gasteiger partial charge in [-0.3, -0.25) is 0 Å². The van der Waals surface area contributed by atoms with Crippen molar-refractivity contribution >= 4 is 0 Å². The van der Waals surface area contributed by atoms with Gasteiger partial charge in [-0.1, -0.05) is 38.3 Å². The molecule has 0 unspecified atom stereocenters. The minimum Gasteiger partial charge on any atom is -0.313 e. The molecule has 1 aliphatic carbocycles. The van der Waals surface area contributed by atoms with E-state index in [0.717, 1.165) is 24.9 Å². The first-order valence-electron chi connectivity index (χ1n) is 6.60. The maximum absolute atomic E-state index is 3.46. The Morgan fingerprint density at radius 1 is 1.27 bits per heavy atom. The molecule has 0 amide bonds. The summed E-state index contributed by atoms with van der Waals surface area (Å²) < 4.78 is 0. The Hall–Kier alpha value is -0.300. The molecule has 0 bridgehead atoms. The Morgan fingerprint density at radius 2 is 1.93 bits per heavy atom. The average Bonchev–Trinajstić information content (AvgIpc) is 2.22. The first kappa shape index (κ1) is 12.8. The Morgan fingerprint density at radius 3 is 2.53 bits per heavy atom. The fourth-order valence-corrected chi connectivity index (χ4v) is 2.38. The van der Waals surface area contributed by atoms with Gasteiger partial charge in [-0.25, -0.2) is 0 Å². The van der Waals surface area contributed by atoms with Crippen LogP contribution in [0.15, 0.2) is 11.6 Å². The molecule has 0 atom stereocenters. The monoisotopic (exact) mass is 209 g/mol. The van der Waals surface area contributed by atoms with Crippen LogP contribution in [0.25, 0.3) is 0 Å². The fourth-order valence-electron chi connectivity index (χ4n) is 2.38. The molecule has 0 aliphatic heterocycles. The smallest absolute Gasteiger partial charge is 0.0161 e. The third-order valence-corrected chi connectivity index (χ3v) is 3.41. The highest BCUT2D eigenvalue weighted by atomic mass is 14.8. The molecule has 1 fully saturated rings. The second-order valence-electron chi connectivity index (χ2n) is 5.21. The van der Waals surface area contributed by atoms with Gasteiger partial charge in [0.25, 0.3) is 0 Å². The van der Waals surface area contributed by atoms with Crippen LogP contribution in [-0.2, 0) is 0 Å². The van der Waals surface area contributed by atoms with Crippen molar-refractivity contribution in [3.63, 3.8) is 0 Å². The standard InChI is InChI=1S/C14H27N/c1-4-9-15-11-13(3)10-14-7-5-12(2)6-8-14/h10,12,14-15H,4-9,11H2,1-3H3. The van der Waals surface area contributed by atoms with E-state index in [0.29, 0.717) is 0 Å². The topological polar surface area (TPSA) is 12.0 Å². The van der Waals surface area contributed by atoms with Crippen LogP contribution in [0.4, 0.5) is 0 Å². The maximum Gasteiger partial charge on any atom is 0.0161 e. The second-order valence-corrected chi connectivity index (χ2v) is 5.21. The van der Waals surface area contributed by atoms with Crippen molar-refractivity contribution in [1.82, 2.24) is 5.32 Å². The van der Waals surface area contributed by atoms with E-state index in [1.54, 1.807) is 0 Å². The normalized spacial score (nSPS) is 28.1. The van der Waals surface area contributed by atoms with Gasteiger partial charge in [-0.2, -0.15) is 0 Å². The summed E-state index contributed by atoms with van der Waals surface area (Å²) >= 11 is 0. The molecule has 1 rings (SSSR count). The summed E-state index contributed by atoms with van der Waals surface area (Å²) in [6.07, 6.45) is 9.41. The fraction of sp³-hybridized carbons (Fsp3) is 0.857. The molecule has 0 spiro atoms. The van der Waals surface area contributed by atoms with Crippen LogP contribution >= 0.6 is 0 Å². The summed E-state index contributed by atoms with van der Waals surface area (Å²) in [5.41, 5.74) is 1.53. The molecule has 1 nitrogen and oxygen atoms in total. The molecule has 15 heavy (non-hydrogen) atoms. The van der Waals surface area contributed by atoms with Crippen LogP contribution in [0.5, 0.6) is 0 Å². The highest BCUT2D eigenvalue weighted by Gasteiger charge is 2.15. The van der Waals surface area contributed by atoms with Crippen molar-refractivity contribution in [2.45, 2.75) is 52.9 Å². The summed E-state index contributed by atoms with van der Waals surface area (Å²) in [6.45, 7) is 9.09. The van der Waals surface area contributed by atoms with Crippen LogP contribution < -0.4 is 5.32 Å². The first-order chi connectivity index (χ1) is 7.22. The van der Waals surface area contributed by atoms with E-state index in [9.17, 15) is 0 Å². The van der Waals surface area contributed by atoms with Crippen molar-refractivity contribution in [1.29, 1.82) is 0 Å². The number of hydrogen-bond acceptors (Lipinski definition) is 1. The van der Waals surface area contributed by atoms with Gasteiger partial charge in [0.15, 0.2) is 0 Å². The second kappa shape index (κ2) is 7.05. The summed E-state index contributed by atoms with van der Waals surface area (Å²) in [5, 5.41) is 3.46. The average molecular weight is 209 g/mol. The van der Waals surface area contributed by atoms with Gasteiger partial charge in [0.2, 0.25) is 0 Å². The van der Waals surface area contributed by atoms with Gasteiger partial charge < -0.3 is 5.32 Å². The zero-order valence-corrected chi connectivity index (χ0v) is 10.7. The van der Waals surface area contributed by atoms with Gasteiger partial charge in [-0.05, 0) is 44.6 Å². The van der Waals surface area contributed by atoms with E-state index in [-0.39, 0.29) is 0 Å². The molecular formula is C14H27N. The molecule has 88 valence electrons. The van der Waals surface area contributed by atoms with Gasteiger partial charge >= 0.3 is 0 Å². The third kappa shape index (κ3) is 5.36. The summed E-state index contributed by atoms with van der Waals surface area (Å²) in [7, 11) is 0. The van der Waals surface area contributed by atoms with Crippen LogP contribution in [0.2, 0.25) is 0 Å². The Kier molecular flexibility index (Phi) is 6.00. The summed E-state index contributed by atoms with van der Waals surface area (Å²) in [5.74, 6) is 1.83. The SMILES string of the molecule is CCCNCC(C)=CC1CCC(C)CC1. The van der Waals surface area contributed by atoms with Gasteiger partial charge in [-0.15, -0.1) is 0 Å². The minimum absolute atomic E-state index is 0.865. The lowest BCUT2D eigenvalue weighted by Gasteiger charge is -2.24. The lowest BCUT2D eigenvalue weighted by atomic mass is 9.82. The molecule has 0 aromatic heterocycles. The Balaban J connectivity index is 2.22. The van der Waals surface area contributed by atoms with E-state index in [1.807, 2.05) is 0 Å². The van der Waals surface area contributed by atoms with E-state index < -0.39 is 0 Å². The highest BCUT2D eigenvalue weighted by Crippen LogP contribution is 2.29. The zero-order valence-electron chi connectivity index (χ0n) is 10.7. The lowest BCUT2D eigenvalue weighted by Crippen LogP contribution is -2.18. The third-order valence-electron chi connectivity index (χ3n) is 3.41. The molecule has 0 aromatic carbocycles. The van der Waals surface area contributed by atoms with E-state index in [4.69, 9.17) is 0 Å².